The molecule has 1 heterocycles. The number of aliphatic hydroxyl groups is 1. The molecular weight excluding hydrogens is 144 g/mol. The van der Waals surface area contributed by atoms with Crippen molar-refractivity contribution in [2.45, 2.75) is 18.4 Å². The second-order valence-electron chi connectivity index (χ2n) is 3.00. The average Bonchev–Trinajstić information content (AvgIpc) is 2.36. The standard InChI is InChI=1S/C7H14N2O2/c1-8-6(10)4-7(11)2-3-9-5-7/h9,11H,2-5H2,1H3,(H,8,10). The third-order valence-corrected chi connectivity index (χ3v) is 1.99. The van der Waals surface area contributed by atoms with Gasteiger partial charge < -0.3 is 15.7 Å². The molecule has 3 N–H and O–H groups in total. The highest BCUT2D eigenvalue weighted by atomic mass is 16.3. The van der Waals surface area contributed by atoms with E-state index in [9.17, 15) is 9.90 Å². The Bertz CT molecular complexity index is 153. The van der Waals surface area contributed by atoms with Gasteiger partial charge in [0.25, 0.3) is 0 Å². The number of hydrogen-bond donors (Lipinski definition) is 3. The molecule has 1 fully saturated rings. The van der Waals surface area contributed by atoms with E-state index in [0.717, 1.165) is 6.54 Å². The maximum Gasteiger partial charge on any atom is 0.222 e. The van der Waals surface area contributed by atoms with Gasteiger partial charge >= 0.3 is 0 Å². The second-order valence-corrected chi connectivity index (χ2v) is 3.00. The topological polar surface area (TPSA) is 61.4 Å². The van der Waals surface area contributed by atoms with Gasteiger partial charge in [-0.15, -0.1) is 0 Å². The van der Waals surface area contributed by atoms with Gasteiger partial charge in [0.2, 0.25) is 5.91 Å². The lowest BCUT2D eigenvalue weighted by Gasteiger charge is -2.19. The summed E-state index contributed by atoms with van der Waals surface area (Å²) in [5, 5.41) is 15.2. The number of carbonyl (C=O) groups excluding carboxylic acids is 1. The summed E-state index contributed by atoms with van der Waals surface area (Å²) in [6.45, 7) is 1.33. The Morgan fingerprint density at radius 3 is 3.00 bits per heavy atom. The highest BCUT2D eigenvalue weighted by Crippen LogP contribution is 2.17. The molecule has 1 atom stereocenters. The first-order valence-corrected chi connectivity index (χ1v) is 3.80. The van der Waals surface area contributed by atoms with Gasteiger partial charge in [0.1, 0.15) is 0 Å². The molecule has 0 aromatic carbocycles. The van der Waals surface area contributed by atoms with Gasteiger partial charge in [0.15, 0.2) is 0 Å². The molecule has 0 radical (unpaired) electrons. The van der Waals surface area contributed by atoms with Crippen molar-refractivity contribution in [2.24, 2.45) is 0 Å². The van der Waals surface area contributed by atoms with Crippen LogP contribution in [0.5, 0.6) is 0 Å². The third kappa shape index (κ3) is 2.17. The van der Waals surface area contributed by atoms with Crippen LogP contribution in [0.4, 0.5) is 0 Å². The molecule has 1 amide bonds. The first kappa shape index (κ1) is 8.49. The molecule has 4 heteroatoms. The normalized spacial score (nSPS) is 30.4. The molecule has 1 rings (SSSR count). The highest BCUT2D eigenvalue weighted by molar-refractivity contribution is 5.76. The minimum atomic E-state index is -0.805. The van der Waals surface area contributed by atoms with Crippen LogP contribution >= 0.6 is 0 Å². The Morgan fingerprint density at radius 2 is 2.55 bits per heavy atom. The van der Waals surface area contributed by atoms with Gasteiger partial charge in [-0.1, -0.05) is 0 Å². The quantitative estimate of drug-likeness (QED) is 0.475. The maximum atomic E-state index is 10.9. The van der Waals surface area contributed by atoms with Crippen LogP contribution in [0.15, 0.2) is 0 Å². The first-order chi connectivity index (χ1) is 5.16. The van der Waals surface area contributed by atoms with Crippen LogP contribution in [0.3, 0.4) is 0 Å². The molecular formula is C7H14N2O2. The van der Waals surface area contributed by atoms with Gasteiger partial charge in [-0.3, -0.25) is 4.79 Å². The van der Waals surface area contributed by atoms with Crippen LogP contribution in [-0.4, -0.2) is 36.8 Å². The van der Waals surface area contributed by atoms with Crippen LogP contribution in [0, 0.1) is 0 Å². The van der Waals surface area contributed by atoms with Crippen LogP contribution in [-0.2, 0) is 4.79 Å². The zero-order valence-corrected chi connectivity index (χ0v) is 6.68. The zero-order valence-electron chi connectivity index (χ0n) is 6.68. The summed E-state index contributed by atoms with van der Waals surface area (Å²) in [7, 11) is 1.58. The van der Waals surface area contributed by atoms with E-state index in [1.54, 1.807) is 7.05 Å². The van der Waals surface area contributed by atoms with Crippen molar-refractivity contribution in [1.82, 2.24) is 10.6 Å². The molecule has 1 aliphatic heterocycles. The van der Waals surface area contributed by atoms with Crippen molar-refractivity contribution in [1.29, 1.82) is 0 Å². The lowest BCUT2D eigenvalue weighted by Crippen LogP contribution is -2.37. The summed E-state index contributed by atoms with van der Waals surface area (Å²) in [5.74, 6) is -0.101. The van der Waals surface area contributed by atoms with E-state index in [4.69, 9.17) is 0 Å². The van der Waals surface area contributed by atoms with E-state index in [2.05, 4.69) is 10.6 Å². The fourth-order valence-corrected chi connectivity index (χ4v) is 1.27. The smallest absolute Gasteiger partial charge is 0.222 e. The predicted octanol–water partition coefficient (Wildman–Crippen LogP) is -1.15. The van der Waals surface area contributed by atoms with Crippen molar-refractivity contribution in [3.8, 4) is 0 Å². The van der Waals surface area contributed by atoms with Gasteiger partial charge in [-0.05, 0) is 13.0 Å². The number of amides is 1. The second kappa shape index (κ2) is 3.19. The van der Waals surface area contributed by atoms with Crippen molar-refractivity contribution < 1.29 is 9.90 Å². The van der Waals surface area contributed by atoms with Crippen LogP contribution in [0.25, 0.3) is 0 Å². The summed E-state index contributed by atoms with van der Waals surface area (Å²) < 4.78 is 0. The Morgan fingerprint density at radius 1 is 1.82 bits per heavy atom. The molecule has 1 saturated heterocycles. The number of β-amino-alcohol motifs (C(OH)–C–C–N with tert-alkyl or cyclic N) is 1. The van der Waals surface area contributed by atoms with Gasteiger partial charge in [0.05, 0.1) is 12.0 Å². The maximum absolute atomic E-state index is 10.9. The minimum absolute atomic E-state index is 0.101. The average molecular weight is 158 g/mol. The molecule has 1 aliphatic rings. The van der Waals surface area contributed by atoms with Crippen LogP contribution < -0.4 is 10.6 Å². The summed E-state index contributed by atoms with van der Waals surface area (Å²) in [4.78, 5) is 10.9. The Balaban J connectivity index is 2.39. The van der Waals surface area contributed by atoms with Crippen LogP contribution in [0.2, 0.25) is 0 Å². The first-order valence-electron chi connectivity index (χ1n) is 3.80. The minimum Gasteiger partial charge on any atom is -0.388 e. The van der Waals surface area contributed by atoms with E-state index in [1.165, 1.54) is 0 Å². The summed E-state index contributed by atoms with van der Waals surface area (Å²) in [6, 6.07) is 0. The molecule has 1 unspecified atom stereocenters. The molecule has 4 nitrogen and oxygen atoms in total. The van der Waals surface area contributed by atoms with Gasteiger partial charge in [0, 0.05) is 13.6 Å². The molecule has 0 aromatic rings. The van der Waals surface area contributed by atoms with Gasteiger partial charge in [-0.2, -0.15) is 0 Å². The fraction of sp³-hybridized carbons (Fsp3) is 0.857. The van der Waals surface area contributed by atoms with E-state index >= 15 is 0 Å². The molecule has 0 bridgehead atoms. The monoisotopic (exact) mass is 158 g/mol. The third-order valence-electron chi connectivity index (χ3n) is 1.99. The van der Waals surface area contributed by atoms with Gasteiger partial charge in [-0.25, -0.2) is 0 Å². The molecule has 0 spiro atoms. The summed E-state index contributed by atoms with van der Waals surface area (Å²) in [6.07, 6.45) is 0.872. The number of carbonyl (C=O) groups is 1. The lowest BCUT2D eigenvalue weighted by atomic mass is 9.99. The zero-order chi connectivity index (χ0) is 8.32. The highest BCUT2D eigenvalue weighted by Gasteiger charge is 2.32. The molecule has 64 valence electrons. The summed E-state index contributed by atoms with van der Waals surface area (Å²) >= 11 is 0. The Hall–Kier alpha value is -0.610. The predicted molar refractivity (Wildman–Crippen MR) is 41.1 cm³/mol. The molecule has 11 heavy (non-hydrogen) atoms. The fourth-order valence-electron chi connectivity index (χ4n) is 1.27. The largest absolute Gasteiger partial charge is 0.388 e. The van der Waals surface area contributed by atoms with Crippen molar-refractivity contribution in [3.05, 3.63) is 0 Å². The van der Waals surface area contributed by atoms with E-state index in [0.29, 0.717) is 13.0 Å². The molecule has 0 aliphatic carbocycles. The van der Waals surface area contributed by atoms with Crippen LogP contribution in [0.1, 0.15) is 12.8 Å². The Labute approximate surface area is 66.0 Å². The number of hydrogen-bond acceptors (Lipinski definition) is 3. The van der Waals surface area contributed by atoms with Crippen molar-refractivity contribution in [2.75, 3.05) is 20.1 Å². The summed E-state index contributed by atoms with van der Waals surface area (Å²) in [5.41, 5.74) is -0.805. The lowest BCUT2D eigenvalue weighted by molar-refractivity contribution is -0.124. The molecule has 0 aromatic heterocycles. The SMILES string of the molecule is CNC(=O)CC1(O)CCNC1. The number of nitrogens with one attached hydrogen (secondary N) is 2. The van der Waals surface area contributed by atoms with E-state index in [-0.39, 0.29) is 12.3 Å². The van der Waals surface area contributed by atoms with E-state index < -0.39 is 5.60 Å². The van der Waals surface area contributed by atoms with Crippen molar-refractivity contribution in [3.63, 3.8) is 0 Å². The number of rotatable bonds is 2. The van der Waals surface area contributed by atoms with Crippen molar-refractivity contribution >= 4 is 5.91 Å². The molecule has 0 saturated carbocycles. The van der Waals surface area contributed by atoms with E-state index in [1.807, 2.05) is 0 Å². The Kier molecular flexibility index (Phi) is 2.46.